The van der Waals surface area contributed by atoms with Crippen molar-refractivity contribution in [1.29, 1.82) is 0 Å². The lowest BCUT2D eigenvalue weighted by Crippen LogP contribution is -2.28. The van der Waals surface area contributed by atoms with Gasteiger partial charge in [0.25, 0.3) is 5.91 Å². The van der Waals surface area contributed by atoms with Gasteiger partial charge in [-0.05, 0) is 30.2 Å². The SMILES string of the molecule is CC[C@H](NC(=O)c1cc(-c2ccccc2)nc2ncccc12)c1ccccc1. The summed E-state index contributed by atoms with van der Waals surface area (Å²) in [6.07, 6.45) is 2.51. The topological polar surface area (TPSA) is 54.9 Å². The van der Waals surface area contributed by atoms with Crippen LogP contribution in [-0.2, 0) is 0 Å². The van der Waals surface area contributed by atoms with Crippen LogP contribution in [0.2, 0.25) is 0 Å². The molecule has 1 amide bonds. The van der Waals surface area contributed by atoms with Gasteiger partial charge >= 0.3 is 0 Å². The minimum atomic E-state index is -0.117. The minimum Gasteiger partial charge on any atom is -0.345 e. The lowest BCUT2D eigenvalue weighted by atomic mass is 10.0. The third-order valence-corrected chi connectivity index (χ3v) is 4.81. The Labute approximate surface area is 164 Å². The van der Waals surface area contributed by atoms with E-state index in [4.69, 9.17) is 0 Å². The molecule has 4 rings (SSSR count). The van der Waals surface area contributed by atoms with Crippen LogP contribution in [0.3, 0.4) is 0 Å². The maximum Gasteiger partial charge on any atom is 0.252 e. The number of rotatable bonds is 5. The van der Waals surface area contributed by atoms with E-state index in [9.17, 15) is 4.79 Å². The van der Waals surface area contributed by atoms with Gasteiger partial charge in [-0.2, -0.15) is 0 Å². The molecule has 0 unspecified atom stereocenters. The number of nitrogens with zero attached hydrogens (tertiary/aromatic N) is 2. The first-order valence-corrected chi connectivity index (χ1v) is 9.43. The zero-order chi connectivity index (χ0) is 19.3. The molecule has 1 N–H and O–H groups in total. The van der Waals surface area contributed by atoms with E-state index in [1.54, 1.807) is 6.20 Å². The van der Waals surface area contributed by atoms with Gasteiger partial charge in [0.15, 0.2) is 5.65 Å². The fourth-order valence-corrected chi connectivity index (χ4v) is 3.34. The molecule has 2 aromatic heterocycles. The number of nitrogens with one attached hydrogen (secondary N) is 1. The summed E-state index contributed by atoms with van der Waals surface area (Å²) < 4.78 is 0. The molecule has 0 aliphatic rings. The molecule has 0 aliphatic heterocycles. The second-order valence-electron chi connectivity index (χ2n) is 6.64. The Morgan fingerprint density at radius 3 is 2.39 bits per heavy atom. The third-order valence-electron chi connectivity index (χ3n) is 4.81. The van der Waals surface area contributed by atoms with Gasteiger partial charge in [0.1, 0.15) is 0 Å². The zero-order valence-corrected chi connectivity index (χ0v) is 15.7. The molecule has 0 fully saturated rings. The van der Waals surface area contributed by atoms with Gasteiger partial charge in [0.05, 0.1) is 17.3 Å². The van der Waals surface area contributed by atoms with Crippen molar-refractivity contribution >= 4 is 16.9 Å². The Morgan fingerprint density at radius 1 is 0.964 bits per heavy atom. The first-order valence-electron chi connectivity index (χ1n) is 9.43. The van der Waals surface area contributed by atoms with Crippen LogP contribution in [0, 0.1) is 0 Å². The van der Waals surface area contributed by atoms with Crippen molar-refractivity contribution in [3.05, 3.63) is 96.2 Å². The van der Waals surface area contributed by atoms with Gasteiger partial charge < -0.3 is 5.32 Å². The molecule has 4 heteroatoms. The van der Waals surface area contributed by atoms with Gasteiger partial charge in [-0.3, -0.25) is 4.79 Å². The summed E-state index contributed by atoms with van der Waals surface area (Å²) in [7, 11) is 0. The number of hydrogen-bond acceptors (Lipinski definition) is 3. The van der Waals surface area contributed by atoms with Gasteiger partial charge in [-0.15, -0.1) is 0 Å². The second-order valence-corrected chi connectivity index (χ2v) is 6.64. The van der Waals surface area contributed by atoms with Crippen LogP contribution in [0.5, 0.6) is 0 Å². The summed E-state index contributed by atoms with van der Waals surface area (Å²) in [5, 5.41) is 3.93. The van der Waals surface area contributed by atoms with Gasteiger partial charge in [0.2, 0.25) is 0 Å². The van der Waals surface area contributed by atoms with Crippen molar-refractivity contribution in [1.82, 2.24) is 15.3 Å². The number of benzene rings is 2. The molecule has 2 aromatic carbocycles. The smallest absolute Gasteiger partial charge is 0.252 e. The molecule has 1 atom stereocenters. The van der Waals surface area contributed by atoms with Crippen molar-refractivity contribution in [2.24, 2.45) is 0 Å². The van der Waals surface area contributed by atoms with Crippen LogP contribution >= 0.6 is 0 Å². The number of amides is 1. The van der Waals surface area contributed by atoms with Crippen LogP contribution in [0.1, 0.15) is 35.3 Å². The lowest BCUT2D eigenvalue weighted by molar-refractivity contribution is 0.0937. The fourth-order valence-electron chi connectivity index (χ4n) is 3.34. The highest BCUT2D eigenvalue weighted by Gasteiger charge is 2.18. The highest BCUT2D eigenvalue weighted by atomic mass is 16.1. The molecule has 0 bridgehead atoms. The molecule has 0 spiro atoms. The predicted molar refractivity (Wildman–Crippen MR) is 112 cm³/mol. The Balaban J connectivity index is 1.75. The predicted octanol–water partition coefficient (Wildman–Crippen LogP) is 5.18. The van der Waals surface area contributed by atoms with E-state index < -0.39 is 0 Å². The summed E-state index contributed by atoms with van der Waals surface area (Å²) in [4.78, 5) is 22.2. The second kappa shape index (κ2) is 8.01. The van der Waals surface area contributed by atoms with E-state index in [1.807, 2.05) is 78.9 Å². The standard InChI is InChI=1S/C24H21N3O/c1-2-21(17-10-5-3-6-11-17)27-24(28)20-16-22(18-12-7-4-8-13-18)26-23-19(20)14-9-15-25-23/h3-16,21H,2H2,1H3,(H,27,28)/t21-/m0/s1. The van der Waals surface area contributed by atoms with E-state index in [0.717, 1.165) is 28.6 Å². The third kappa shape index (κ3) is 3.62. The molecule has 138 valence electrons. The highest BCUT2D eigenvalue weighted by molar-refractivity contribution is 6.06. The fraction of sp³-hybridized carbons (Fsp3) is 0.125. The van der Waals surface area contributed by atoms with Crippen molar-refractivity contribution in [2.75, 3.05) is 0 Å². The van der Waals surface area contributed by atoms with Crippen LogP contribution in [-0.4, -0.2) is 15.9 Å². The summed E-state index contributed by atoms with van der Waals surface area (Å²) >= 11 is 0. The molecule has 28 heavy (non-hydrogen) atoms. The molecule has 2 heterocycles. The molecular weight excluding hydrogens is 346 g/mol. The Hall–Kier alpha value is -3.53. The molecule has 0 radical (unpaired) electrons. The van der Waals surface area contributed by atoms with Crippen LogP contribution in [0.15, 0.2) is 85.1 Å². The van der Waals surface area contributed by atoms with Crippen molar-refractivity contribution < 1.29 is 4.79 Å². The van der Waals surface area contributed by atoms with Crippen LogP contribution < -0.4 is 5.32 Å². The van der Waals surface area contributed by atoms with E-state index >= 15 is 0 Å². The van der Waals surface area contributed by atoms with Crippen molar-refractivity contribution in [2.45, 2.75) is 19.4 Å². The average molecular weight is 367 g/mol. The highest BCUT2D eigenvalue weighted by Crippen LogP contribution is 2.25. The normalized spacial score (nSPS) is 11.9. The first-order chi connectivity index (χ1) is 13.8. The van der Waals surface area contributed by atoms with Crippen molar-refractivity contribution in [3.8, 4) is 11.3 Å². The van der Waals surface area contributed by atoms with E-state index in [1.165, 1.54) is 0 Å². The number of hydrogen-bond donors (Lipinski definition) is 1. The Kier molecular flexibility index (Phi) is 5.11. The largest absolute Gasteiger partial charge is 0.345 e. The van der Waals surface area contributed by atoms with Crippen molar-refractivity contribution in [3.63, 3.8) is 0 Å². The monoisotopic (exact) mass is 367 g/mol. The Morgan fingerprint density at radius 2 is 1.68 bits per heavy atom. The molecule has 0 aliphatic carbocycles. The average Bonchev–Trinajstić information content (AvgIpc) is 2.77. The molecule has 0 saturated carbocycles. The molecule has 0 saturated heterocycles. The quantitative estimate of drug-likeness (QED) is 0.529. The zero-order valence-electron chi connectivity index (χ0n) is 15.7. The maximum absolute atomic E-state index is 13.2. The van der Waals surface area contributed by atoms with Gasteiger partial charge in [-0.25, -0.2) is 9.97 Å². The first kappa shape index (κ1) is 17.9. The van der Waals surface area contributed by atoms with Gasteiger partial charge in [-0.1, -0.05) is 67.6 Å². The van der Waals surface area contributed by atoms with Gasteiger partial charge in [0, 0.05) is 17.1 Å². The molecule has 4 aromatic rings. The number of pyridine rings is 2. The maximum atomic E-state index is 13.2. The summed E-state index contributed by atoms with van der Waals surface area (Å²) in [6, 6.07) is 25.4. The summed E-state index contributed by atoms with van der Waals surface area (Å²) in [5.74, 6) is -0.117. The Bertz CT molecular complexity index is 1090. The lowest BCUT2D eigenvalue weighted by Gasteiger charge is -2.18. The van der Waals surface area contributed by atoms with Crippen LogP contribution in [0.25, 0.3) is 22.3 Å². The summed E-state index contributed by atoms with van der Waals surface area (Å²) in [5.41, 5.74) is 3.95. The minimum absolute atomic E-state index is 0.0474. The molecule has 4 nitrogen and oxygen atoms in total. The van der Waals surface area contributed by atoms with E-state index in [0.29, 0.717) is 11.2 Å². The molecular formula is C24H21N3O. The number of fused-ring (bicyclic) bond motifs is 1. The summed E-state index contributed by atoms with van der Waals surface area (Å²) in [6.45, 7) is 2.07. The number of carbonyl (C=O) groups excluding carboxylic acids is 1. The number of aromatic nitrogens is 2. The number of carbonyl (C=O) groups is 1. The van der Waals surface area contributed by atoms with E-state index in [-0.39, 0.29) is 11.9 Å². The van der Waals surface area contributed by atoms with Crippen LogP contribution in [0.4, 0.5) is 0 Å². The van der Waals surface area contributed by atoms with E-state index in [2.05, 4.69) is 22.2 Å².